The van der Waals surface area contributed by atoms with Gasteiger partial charge in [0.1, 0.15) is 5.75 Å². The van der Waals surface area contributed by atoms with Crippen LogP contribution in [0, 0.1) is 5.92 Å². The Balaban J connectivity index is 0.00000280. The van der Waals surface area contributed by atoms with Crippen molar-refractivity contribution >= 4 is 36.0 Å². The highest BCUT2D eigenvalue weighted by Crippen LogP contribution is 2.30. The molecule has 1 saturated carbocycles. The molecule has 0 bridgehead atoms. The van der Waals surface area contributed by atoms with E-state index in [1.165, 1.54) is 12.8 Å². The molecule has 1 amide bonds. The van der Waals surface area contributed by atoms with Crippen molar-refractivity contribution in [2.75, 3.05) is 26.3 Å². The third kappa shape index (κ3) is 7.03. The number of nitrogens with zero attached hydrogens (tertiary/aromatic N) is 2. The lowest BCUT2D eigenvalue weighted by Crippen LogP contribution is -2.48. The number of para-hydroxylation sites is 1. The van der Waals surface area contributed by atoms with Crippen molar-refractivity contribution in [3.8, 4) is 5.75 Å². The van der Waals surface area contributed by atoms with Crippen LogP contribution in [0.25, 0.3) is 0 Å². The van der Waals surface area contributed by atoms with Crippen molar-refractivity contribution in [3.05, 3.63) is 29.8 Å². The highest BCUT2D eigenvalue weighted by molar-refractivity contribution is 14.0. The molecule has 0 spiro atoms. The number of nitrogens with two attached hydrogens (primary N) is 1. The van der Waals surface area contributed by atoms with E-state index >= 15 is 0 Å². The number of likely N-dealkylation sites (tertiary alicyclic amines) is 1. The van der Waals surface area contributed by atoms with Gasteiger partial charge in [-0.2, -0.15) is 0 Å². The second-order valence-corrected chi connectivity index (χ2v) is 7.17. The molecule has 1 aliphatic carbocycles. The number of carbonyl (C=O) groups excluding carboxylic acids is 1. The van der Waals surface area contributed by atoms with Crippen LogP contribution in [0.15, 0.2) is 29.3 Å². The highest BCUT2D eigenvalue weighted by atomic mass is 127. The Morgan fingerprint density at radius 1 is 1.25 bits per heavy atom. The summed E-state index contributed by atoms with van der Waals surface area (Å²) >= 11 is 0. The zero-order valence-corrected chi connectivity index (χ0v) is 18.8. The molecule has 0 radical (unpaired) electrons. The zero-order valence-electron chi connectivity index (χ0n) is 16.4. The summed E-state index contributed by atoms with van der Waals surface area (Å²) in [4.78, 5) is 18.0. The van der Waals surface area contributed by atoms with E-state index in [0.29, 0.717) is 38.1 Å². The van der Waals surface area contributed by atoms with Gasteiger partial charge in [0.15, 0.2) is 5.96 Å². The maximum absolute atomic E-state index is 11.7. The van der Waals surface area contributed by atoms with E-state index in [2.05, 4.69) is 10.3 Å². The van der Waals surface area contributed by atoms with Gasteiger partial charge in [-0.05, 0) is 44.6 Å². The highest BCUT2D eigenvalue weighted by Gasteiger charge is 2.24. The van der Waals surface area contributed by atoms with Crippen LogP contribution in [0.1, 0.15) is 38.2 Å². The summed E-state index contributed by atoms with van der Waals surface area (Å²) in [6, 6.07) is 8.21. The fraction of sp³-hybridized carbons (Fsp3) is 0.600. The summed E-state index contributed by atoms with van der Waals surface area (Å²) in [6.45, 7) is 4.83. The molecule has 3 N–H and O–H groups in total. The lowest BCUT2D eigenvalue weighted by atomic mass is 10.1. The van der Waals surface area contributed by atoms with Crippen LogP contribution in [-0.4, -0.2) is 49.3 Å². The Morgan fingerprint density at radius 2 is 1.96 bits per heavy atom. The molecule has 0 atom stereocenters. The monoisotopic (exact) mass is 502 g/mol. The van der Waals surface area contributed by atoms with Crippen LogP contribution in [0.3, 0.4) is 0 Å². The number of guanidine groups is 1. The van der Waals surface area contributed by atoms with Crippen LogP contribution in [0.5, 0.6) is 5.75 Å². The maximum atomic E-state index is 11.7. The molecular weight excluding hydrogens is 471 g/mol. The largest absolute Gasteiger partial charge is 0.493 e. The standard InChI is InChI=1S/C20H30N4O3.HI/c1-2-26-20(25)24-11-9-17(10-12-24)23-19(21)22-13-16-5-3-4-6-18(16)27-14-15-7-8-15;/h3-6,15,17H,2,7-14H2,1H3,(H3,21,22,23);1H. The lowest BCUT2D eigenvalue weighted by Gasteiger charge is -2.31. The Hall–Kier alpha value is -1.71. The number of hydrogen-bond acceptors (Lipinski definition) is 4. The van der Waals surface area contributed by atoms with Crippen LogP contribution in [-0.2, 0) is 11.3 Å². The third-order valence-corrected chi connectivity index (χ3v) is 4.94. The van der Waals surface area contributed by atoms with Gasteiger partial charge in [-0.1, -0.05) is 18.2 Å². The van der Waals surface area contributed by atoms with Crippen molar-refractivity contribution in [2.45, 2.75) is 45.2 Å². The van der Waals surface area contributed by atoms with E-state index in [1.54, 1.807) is 4.90 Å². The topological polar surface area (TPSA) is 89.2 Å². The number of aliphatic imine (C=N–C) groups is 1. The Morgan fingerprint density at radius 3 is 2.64 bits per heavy atom. The molecule has 0 aromatic heterocycles. The molecule has 7 nitrogen and oxygen atoms in total. The van der Waals surface area contributed by atoms with Crippen molar-refractivity contribution in [2.24, 2.45) is 16.6 Å². The molecule has 0 unspecified atom stereocenters. The third-order valence-electron chi connectivity index (χ3n) is 4.94. The van der Waals surface area contributed by atoms with Gasteiger partial charge < -0.3 is 25.4 Å². The molecule has 1 aromatic carbocycles. The van der Waals surface area contributed by atoms with E-state index in [-0.39, 0.29) is 36.1 Å². The minimum absolute atomic E-state index is 0. The molecule has 2 aliphatic rings. The number of amides is 1. The molecule has 1 saturated heterocycles. The van der Waals surface area contributed by atoms with E-state index < -0.39 is 0 Å². The number of carbonyl (C=O) groups is 1. The second kappa shape index (κ2) is 11.3. The minimum atomic E-state index is -0.236. The first-order chi connectivity index (χ1) is 13.2. The molecule has 1 aliphatic heterocycles. The van der Waals surface area contributed by atoms with E-state index in [0.717, 1.165) is 30.8 Å². The summed E-state index contributed by atoms with van der Waals surface area (Å²) in [6.07, 6.45) is 3.96. The molecule has 8 heteroatoms. The summed E-state index contributed by atoms with van der Waals surface area (Å²) in [7, 11) is 0. The minimum Gasteiger partial charge on any atom is -0.493 e. The number of benzene rings is 1. The van der Waals surface area contributed by atoms with E-state index in [4.69, 9.17) is 15.2 Å². The van der Waals surface area contributed by atoms with Gasteiger partial charge in [-0.25, -0.2) is 9.79 Å². The normalized spacial score (nSPS) is 17.6. The molecule has 28 heavy (non-hydrogen) atoms. The van der Waals surface area contributed by atoms with Crippen molar-refractivity contribution in [1.82, 2.24) is 10.2 Å². The van der Waals surface area contributed by atoms with E-state index in [9.17, 15) is 4.79 Å². The number of ether oxygens (including phenoxy) is 2. The van der Waals surface area contributed by atoms with Crippen LogP contribution >= 0.6 is 24.0 Å². The number of hydrogen-bond donors (Lipinski definition) is 2. The SMILES string of the molecule is CCOC(=O)N1CCC(NC(N)=NCc2ccccc2OCC2CC2)CC1.I. The van der Waals surface area contributed by atoms with Gasteiger partial charge in [0.25, 0.3) is 0 Å². The van der Waals surface area contributed by atoms with Gasteiger partial charge in [0, 0.05) is 24.7 Å². The fourth-order valence-corrected chi connectivity index (χ4v) is 3.11. The molecule has 156 valence electrons. The first kappa shape index (κ1) is 22.6. The number of rotatable bonds is 7. The molecule has 3 rings (SSSR count). The summed E-state index contributed by atoms with van der Waals surface area (Å²) in [5.41, 5.74) is 7.11. The lowest BCUT2D eigenvalue weighted by molar-refractivity contribution is 0.0963. The smallest absolute Gasteiger partial charge is 0.409 e. The first-order valence-electron chi connectivity index (χ1n) is 9.84. The number of nitrogens with one attached hydrogen (secondary N) is 1. The predicted molar refractivity (Wildman–Crippen MR) is 120 cm³/mol. The van der Waals surface area contributed by atoms with Crippen LogP contribution in [0.2, 0.25) is 0 Å². The van der Waals surface area contributed by atoms with Gasteiger partial charge >= 0.3 is 6.09 Å². The van der Waals surface area contributed by atoms with Gasteiger partial charge in [-0.15, -0.1) is 24.0 Å². The molecule has 2 fully saturated rings. The fourth-order valence-electron chi connectivity index (χ4n) is 3.11. The van der Waals surface area contributed by atoms with Crippen molar-refractivity contribution in [1.29, 1.82) is 0 Å². The van der Waals surface area contributed by atoms with Crippen molar-refractivity contribution < 1.29 is 14.3 Å². The molecule has 1 aromatic rings. The Labute approximate surface area is 184 Å². The number of piperidine rings is 1. The summed E-state index contributed by atoms with van der Waals surface area (Å²) in [5, 5.41) is 3.27. The first-order valence-corrected chi connectivity index (χ1v) is 9.84. The van der Waals surface area contributed by atoms with Crippen LogP contribution in [0.4, 0.5) is 4.79 Å². The number of halogens is 1. The second-order valence-electron chi connectivity index (χ2n) is 7.17. The molecule has 1 heterocycles. The Kier molecular flexibility index (Phi) is 9.14. The molecular formula is C20H31IN4O3. The van der Waals surface area contributed by atoms with E-state index in [1.807, 2.05) is 31.2 Å². The summed E-state index contributed by atoms with van der Waals surface area (Å²) < 4.78 is 11.0. The average Bonchev–Trinajstić information content (AvgIpc) is 3.50. The van der Waals surface area contributed by atoms with Crippen molar-refractivity contribution in [3.63, 3.8) is 0 Å². The quantitative estimate of drug-likeness (QED) is 0.340. The maximum Gasteiger partial charge on any atom is 0.409 e. The zero-order chi connectivity index (χ0) is 19.1. The van der Waals surface area contributed by atoms with Crippen LogP contribution < -0.4 is 15.8 Å². The van der Waals surface area contributed by atoms with Gasteiger partial charge in [-0.3, -0.25) is 0 Å². The predicted octanol–water partition coefficient (Wildman–Crippen LogP) is 3.12. The van der Waals surface area contributed by atoms with Gasteiger partial charge in [0.05, 0.1) is 19.8 Å². The van der Waals surface area contributed by atoms with Gasteiger partial charge in [0.2, 0.25) is 0 Å². The summed E-state index contributed by atoms with van der Waals surface area (Å²) in [5.74, 6) is 2.04. The Bertz CT molecular complexity index is 659. The average molecular weight is 502 g/mol.